The third-order valence-corrected chi connectivity index (χ3v) is 5.46. The molecule has 0 saturated heterocycles. The van der Waals surface area contributed by atoms with Crippen LogP contribution in [0.4, 0.5) is 4.79 Å². The summed E-state index contributed by atoms with van der Waals surface area (Å²) in [4.78, 5) is 14.8. The van der Waals surface area contributed by atoms with Crippen LogP contribution in [0, 0.1) is 0 Å². The molecule has 1 aromatic carbocycles. The molecule has 2 aliphatic rings. The zero-order chi connectivity index (χ0) is 18.1. The lowest BCUT2D eigenvalue weighted by atomic mass is 9.93. The highest BCUT2D eigenvalue weighted by Gasteiger charge is 2.28. The number of aromatic nitrogens is 2. The standard InChI is InChI=1S/C20H26N4O2/c1-3-26-16-8-7-14-9-10-24(13-15(14)11-16)20(25)22-18-5-4-6-19-17(18)12-21-23(19)2/h7-8,11-12,18H,3-6,9-10,13H2,1-2H3,(H,22,25)/t18-/m0/s1. The molecule has 0 radical (unpaired) electrons. The number of nitrogens with zero attached hydrogens (tertiary/aromatic N) is 3. The number of benzene rings is 1. The van der Waals surface area contributed by atoms with Gasteiger partial charge < -0.3 is 15.0 Å². The molecule has 1 atom stereocenters. The van der Waals surface area contributed by atoms with Gasteiger partial charge in [0.15, 0.2) is 0 Å². The first-order valence-corrected chi connectivity index (χ1v) is 9.46. The van der Waals surface area contributed by atoms with Crippen LogP contribution in [0.5, 0.6) is 5.75 Å². The van der Waals surface area contributed by atoms with E-state index in [1.54, 1.807) is 0 Å². The fourth-order valence-electron chi connectivity index (χ4n) is 4.06. The average Bonchev–Trinajstić information content (AvgIpc) is 3.03. The van der Waals surface area contributed by atoms with Gasteiger partial charge in [0.2, 0.25) is 0 Å². The van der Waals surface area contributed by atoms with E-state index >= 15 is 0 Å². The molecule has 1 aromatic heterocycles. The normalized spacial score (nSPS) is 18.8. The maximum atomic E-state index is 12.9. The summed E-state index contributed by atoms with van der Waals surface area (Å²) in [6, 6.07) is 6.29. The highest BCUT2D eigenvalue weighted by Crippen LogP contribution is 2.30. The second-order valence-electron chi connectivity index (χ2n) is 7.10. The minimum Gasteiger partial charge on any atom is -0.494 e. The van der Waals surface area contributed by atoms with Crippen molar-refractivity contribution in [2.24, 2.45) is 7.05 Å². The Morgan fingerprint density at radius 1 is 1.35 bits per heavy atom. The van der Waals surface area contributed by atoms with Crippen molar-refractivity contribution in [2.45, 2.75) is 45.2 Å². The van der Waals surface area contributed by atoms with E-state index in [4.69, 9.17) is 4.74 Å². The number of nitrogens with one attached hydrogen (secondary N) is 1. The van der Waals surface area contributed by atoms with Crippen molar-refractivity contribution < 1.29 is 9.53 Å². The van der Waals surface area contributed by atoms with Gasteiger partial charge in [-0.05, 0) is 55.9 Å². The molecule has 1 aliphatic heterocycles. The molecule has 6 nitrogen and oxygen atoms in total. The van der Waals surface area contributed by atoms with Gasteiger partial charge in [-0.1, -0.05) is 6.07 Å². The van der Waals surface area contributed by atoms with Crippen LogP contribution in [0.1, 0.15) is 48.2 Å². The number of aryl methyl sites for hydroxylation is 1. The fraction of sp³-hybridized carbons (Fsp3) is 0.500. The van der Waals surface area contributed by atoms with Crippen molar-refractivity contribution in [3.05, 3.63) is 46.8 Å². The summed E-state index contributed by atoms with van der Waals surface area (Å²) in [7, 11) is 1.97. The molecule has 26 heavy (non-hydrogen) atoms. The van der Waals surface area contributed by atoms with Crippen LogP contribution in [-0.4, -0.2) is 33.9 Å². The Balaban J connectivity index is 1.46. The second kappa shape index (κ2) is 7.02. The highest BCUT2D eigenvalue weighted by molar-refractivity contribution is 5.75. The van der Waals surface area contributed by atoms with Gasteiger partial charge >= 0.3 is 6.03 Å². The smallest absolute Gasteiger partial charge is 0.318 e. The maximum absolute atomic E-state index is 12.9. The lowest BCUT2D eigenvalue weighted by Crippen LogP contribution is -2.44. The zero-order valence-corrected chi connectivity index (χ0v) is 15.5. The van der Waals surface area contributed by atoms with Crippen LogP contribution in [0.25, 0.3) is 0 Å². The number of urea groups is 1. The lowest BCUT2D eigenvalue weighted by molar-refractivity contribution is 0.186. The predicted octanol–water partition coefficient (Wildman–Crippen LogP) is 2.96. The molecule has 6 heteroatoms. The van der Waals surface area contributed by atoms with Gasteiger partial charge in [0, 0.05) is 31.4 Å². The van der Waals surface area contributed by atoms with Crippen LogP contribution in [0.3, 0.4) is 0 Å². The van der Waals surface area contributed by atoms with Crippen LogP contribution in [-0.2, 0) is 26.4 Å². The monoisotopic (exact) mass is 354 g/mol. The number of carbonyl (C=O) groups is 1. The first kappa shape index (κ1) is 16.9. The summed E-state index contributed by atoms with van der Waals surface area (Å²) in [5.41, 5.74) is 4.91. The Hall–Kier alpha value is -2.50. The number of ether oxygens (including phenoxy) is 1. The summed E-state index contributed by atoms with van der Waals surface area (Å²) in [5.74, 6) is 0.876. The third kappa shape index (κ3) is 3.16. The minimum atomic E-state index is 0.0131. The minimum absolute atomic E-state index is 0.0131. The topological polar surface area (TPSA) is 59.4 Å². The van der Waals surface area contributed by atoms with Crippen molar-refractivity contribution >= 4 is 6.03 Å². The Morgan fingerprint density at radius 3 is 3.08 bits per heavy atom. The first-order valence-electron chi connectivity index (χ1n) is 9.46. The molecule has 0 bridgehead atoms. The second-order valence-corrected chi connectivity index (χ2v) is 7.10. The van der Waals surface area contributed by atoms with Crippen LogP contribution >= 0.6 is 0 Å². The quantitative estimate of drug-likeness (QED) is 0.922. The summed E-state index contributed by atoms with van der Waals surface area (Å²) < 4.78 is 7.53. The van der Waals surface area contributed by atoms with Gasteiger partial charge in [-0.3, -0.25) is 4.68 Å². The molecule has 2 amide bonds. The highest BCUT2D eigenvalue weighted by atomic mass is 16.5. The Kier molecular flexibility index (Phi) is 4.57. The lowest BCUT2D eigenvalue weighted by Gasteiger charge is -2.32. The molecule has 2 aromatic rings. The fourth-order valence-corrected chi connectivity index (χ4v) is 4.06. The first-order chi connectivity index (χ1) is 12.7. The van der Waals surface area contributed by atoms with E-state index in [0.717, 1.165) is 38.0 Å². The Labute approximate surface area is 154 Å². The summed E-state index contributed by atoms with van der Waals surface area (Å²) in [6.45, 7) is 4.02. The number of hydrogen-bond donors (Lipinski definition) is 1. The molecule has 4 rings (SSSR count). The maximum Gasteiger partial charge on any atom is 0.318 e. The number of amides is 2. The van der Waals surface area contributed by atoms with Gasteiger partial charge in [-0.25, -0.2) is 4.79 Å². The van der Waals surface area contributed by atoms with E-state index in [9.17, 15) is 4.79 Å². The van der Waals surface area contributed by atoms with E-state index in [-0.39, 0.29) is 12.1 Å². The molecule has 1 N–H and O–H groups in total. The number of hydrogen-bond acceptors (Lipinski definition) is 3. The van der Waals surface area contributed by atoms with Crippen molar-refractivity contribution in [1.82, 2.24) is 20.0 Å². The van der Waals surface area contributed by atoms with Gasteiger partial charge in [-0.2, -0.15) is 5.10 Å². The number of rotatable bonds is 3. The Morgan fingerprint density at radius 2 is 2.23 bits per heavy atom. The predicted molar refractivity (Wildman–Crippen MR) is 99.1 cm³/mol. The zero-order valence-electron chi connectivity index (χ0n) is 15.5. The largest absolute Gasteiger partial charge is 0.494 e. The van der Waals surface area contributed by atoms with E-state index in [1.807, 2.05) is 35.8 Å². The molecule has 1 aliphatic carbocycles. The van der Waals surface area contributed by atoms with Gasteiger partial charge in [0.05, 0.1) is 18.8 Å². The van der Waals surface area contributed by atoms with E-state index < -0.39 is 0 Å². The van der Waals surface area contributed by atoms with Crippen molar-refractivity contribution in [1.29, 1.82) is 0 Å². The Bertz CT molecular complexity index is 814. The molecular weight excluding hydrogens is 328 g/mol. The van der Waals surface area contributed by atoms with Gasteiger partial charge in [0.1, 0.15) is 5.75 Å². The van der Waals surface area contributed by atoms with Crippen molar-refractivity contribution in [2.75, 3.05) is 13.2 Å². The molecular formula is C20H26N4O2. The molecule has 0 spiro atoms. The van der Waals surface area contributed by atoms with E-state index in [2.05, 4.69) is 22.5 Å². The van der Waals surface area contributed by atoms with Crippen molar-refractivity contribution in [3.63, 3.8) is 0 Å². The summed E-state index contributed by atoms with van der Waals surface area (Å²) in [6.07, 6.45) is 5.88. The molecule has 138 valence electrons. The van der Waals surface area contributed by atoms with E-state index in [1.165, 1.54) is 22.4 Å². The van der Waals surface area contributed by atoms with E-state index in [0.29, 0.717) is 13.2 Å². The summed E-state index contributed by atoms with van der Waals surface area (Å²) >= 11 is 0. The van der Waals surface area contributed by atoms with Gasteiger partial charge in [-0.15, -0.1) is 0 Å². The van der Waals surface area contributed by atoms with Gasteiger partial charge in [0.25, 0.3) is 0 Å². The molecule has 2 heterocycles. The van der Waals surface area contributed by atoms with Crippen LogP contribution in [0.2, 0.25) is 0 Å². The average molecular weight is 354 g/mol. The SMILES string of the molecule is CCOc1ccc2c(c1)CN(C(=O)N[C@H]1CCCc3c1cnn3C)CC2. The molecule has 0 saturated carbocycles. The summed E-state index contributed by atoms with van der Waals surface area (Å²) in [5, 5.41) is 7.59. The molecule has 0 fully saturated rings. The number of fused-ring (bicyclic) bond motifs is 2. The van der Waals surface area contributed by atoms with Crippen molar-refractivity contribution in [3.8, 4) is 5.75 Å². The van der Waals surface area contributed by atoms with Crippen LogP contribution < -0.4 is 10.1 Å². The number of carbonyl (C=O) groups excluding carboxylic acids is 1. The van der Waals surface area contributed by atoms with Crippen LogP contribution in [0.15, 0.2) is 24.4 Å². The third-order valence-electron chi connectivity index (χ3n) is 5.46. The molecule has 0 unspecified atom stereocenters.